The average molecular weight is 286 g/mol. The van der Waals surface area contributed by atoms with Gasteiger partial charge in [-0.15, -0.1) is 0 Å². The molecule has 1 nitrogen and oxygen atoms in total. The van der Waals surface area contributed by atoms with Gasteiger partial charge in [-0.3, -0.25) is 0 Å². The zero-order chi connectivity index (χ0) is 15.2. The van der Waals surface area contributed by atoms with Gasteiger partial charge in [0.1, 0.15) is 5.60 Å². The lowest BCUT2D eigenvalue weighted by atomic mass is 9.84. The van der Waals surface area contributed by atoms with Crippen LogP contribution in [0.4, 0.5) is 0 Å². The monoisotopic (exact) mass is 286 g/mol. The van der Waals surface area contributed by atoms with Crippen LogP contribution in [0.25, 0.3) is 11.1 Å². The molecule has 4 rings (SSSR count). The lowest BCUT2D eigenvalue weighted by molar-refractivity contribution is 0.130. The third kappa shape index (κ3) is 1.69. The van der Waals surface area contributed by atoms with Crippen LogP contribution in [0.15, 0.2) is 72.8 Å². The maximum Gasteiger partial charge on any atom is 0.141 e. The van der Waals surface area contributed by atoms with Crippen LogP contribution in [0.3, 0.4) is 0 Å². The molecular weight excluding hydrogens is 268 g/mol. The number of hydrogen-bond donors (Lipinski definition) is 1. The van der Waals surface area contributed by atoms with Gasteiger partial charge >= 0.3 is 0 Å². The lowest BCUT2D eigenvalue weighted by Gasteiger charge is -2.26. The second-order valence-electron chi connectivity index (χ2n) is 5.86. The predicted molar refractivity (Wildman–Crippen MR) is 89.8 cm³/mol. The Morgan fingerprint density at radius 1 is 0.773 bits per heavy atom. The molecule has 0 saturated heterocycles. The molecule has 1 N–H and O–H groups in total. The molecule has 1 atom stereocenters. The van der Waals surface area contributed by atoms with Crippen LogP contribution >= 0.6 is 0 Å². The van der Waals surface area contributed by atoms with E-state index in [4.69, 9.17) is 0 Å². The normalized spacial score (nSPS) is 18.8. The first-order valence-electron chi connectivity index (χ1n) is 7.76. The molecule has 0 aromatic heterocycles. The number of aryl methyl sites for hydroxylation is 1. The molecule has 3 aromatic carbocycles. The van der Waals surface area contributed by atoms with Crippen LogP contribution in [0.1, 0.15) is 29.2 Å². The van der Waals surface area contributed by atoms with Crippen molar-refractivity contribution in [2.45, 2.75) is 18.9 Å². The molecule has 3 aromatic rings. The molecule has 1 heteroatoms. The van der Waals surface area contributed by atoms with Crippen LogP contribution in [0.5, 0.6) is 0 Å². The summed E-state index contributed by atoms with van der Waals surface area (Å²) in [4.78, 5) is 0. The maximum atomic E-state index is 11.7. The molecule has 108 valence electrons. The van der Waals surface area contributed by atoms with Crippen molar-refractivity contribution < 1.29 is 5.11 Å². The molecule has 0 radical (unpaired) electrons. The van der Waals surface area contributed by atoms with Crippen LogP contribution < -0.4 is 0 Å². The van der Waals surface area contributed by atoms with Gasteiger partial charge in [0.2, 0.25) is 0 Å². The molecule has 0 bridgehead atoms. The lowest BCUT2D eigenvalue weighted by Crippen LogP contribution is -2.26. The van der Waals surface area contributed by atoms with E-state index in [0.29, 0.717) is 0 Å². The van der Waals surface area contributed by atoms with E-state index < -0.39 is 5.60 Å². The molecule has 0 spiro atoms. The van der Waals surface area contributed by atoms with Crippen molar-refractivity contribution in [1.82, 2.24) is 0 Å². The third-order valence-electron chi connectivity index (χ3n) is 4.68. The van der Waals surface area contributed by atoms with Crippen molar-refractivity contribution in [3.05, 3.63) is 95.1 Å². The Balaban J connectivity index is 2.07. The van der Waals surface area contributed by atoms with Crippen LogP contribution in [-0.4, -0.2) is 5.11 Å². The fraction of sp³-hybridized carbons (Fsp3) is 0.143. The zero-order valence-corrected chi connectivity index (χ0v) is 12.6. The smallest absolute Gasteiger partial charge is 0.141 e. The van der Waals surface area contributed by atoms with Gasteiger partial charge in [-0.2, -0.15) is 0 Å². The summed E-state index contributed by atoms with van der Waals surface area (Å²) in [6.45, 7) is 2.14. The average Bonchev–Trinajstić information content (AvgIpc) is 2.86. The van der Waals surface area contributed by atoms with E-state index in [2.05, 4.69) is 31.2 Å². The Kier molecular flexibility index (Phi) is 2.91. The van der Waals surface area contributed by atoms with E-state index in [1.807, 2.05) is 48.5 Å². The molecule has 1 unspecified atom stereocenters. The minimum Gasteiger partial charge on any atom is -0.376 e. The highest BCUT2D eigenvalue weighted by molar-refractivity contribution is 5.82. The first kappa shape index (κ1) is 13.3. The van der Waals surface area contributed by atoms with Crippen LogP contribution in [0, 0.1) is 0 Å². The van der Waals surface area contributed by atoms with E-state index in [9.17, 15) is 5.11 Å². The standard InChI is InChI=1S/C21H18O/c1-2-15-12-13-18-17-10-6-7-11-19(17)21(22,20(18)14-15)16-8-4-3-5-9-16/h3-14,22H,2H2,1H3. The Hall–Kier alpha value is -2.38. The van der Waals surface area contributed by atoms with Crippen molar-refractivity contribution >= 4 is 0 Å². The number of benzene rings is 3. The SMILES string of the molecule is CCc1ccc2c(c1)C(O)(c1ccccc1)c1ccccc1-2. The molecule has 0 fully saturated rings. The van der Waals surface area contributed by atoms with E-state index in [-0.39, 0.29) is 0 Å². The number of fused-ring (bicyclic) bond motifs is 3. The molecule has 0 heterocycles. The molecule has 0 amide bonds. The van der Waals surface area contributed by atoms with Gasteiger partial charge in [0.05, 0.1) is 0 Å². The van der Waals surface area contributed by atoms with Gasteiger partial charge in [-0.1, -0.05) is 79.7 Å². The molecule has 1 aliphatic carbocycles. The second kappa shape index (κ2) is 4.82. The summed E-state index contributed by atoms with van der Waals surface area (Å²) in [6.07, 6.45) is 0.967. The predicted octanol–water partition coefficient (Wildman–Crippen LogP) is 4.51. The number of rotatable bonds is 2. The van der Waals surface area contributed by atoms with Gasteiger partial charge in [0, 0.05) is 11.1 Å². The van der Waals surface area contributed by atoms with Gasteiger partial charge in [0.15, 0.2) is 0 Å². The Morgan fingerprint density at radius 3 is 2.23 bits per heavy atom. The van der Waals surface area contributed by atoms with Crippen molar-refractivity contribution in [3.8, 4) is 11.1 Å². The quantitative estimate of drug-likeness (QED) is 0.734. The minimum atomic E-state index is -1.06. The fourth-order valence-electron chi connectivity index (χ4n) is 3.51. The molecule has 22 heavy (non-hydrogen) atoms. The Labute approximate surface area is 130 Å². The molecule has 0 saturated carbocycles. The van der Waals surface area contributed by atoms with E-state index in [1.165, 1.54) is 5.56 Å². The van der Waals surface area contributed by atoms with Gasteiger partial charge in [-0.05, 0) is 28.7 Å². The molecular formula is C21H18O. The highest BCUT2D eigenvalue weighted by atomic mass is 16.3. The van der Waals surface area contributed by atoms with E-state index in [0.717, 1.165) is 34.2 Å². The van der Waals surface area contributed by atoms with E-state index in [1.54, 1.807) is 0 Å². The fourth-order valence-corrected chi connectivity index (χ4v) is 3.51. The summed E-state index contributed by atoms with van der Waals surface area (Å²) >= 11 is 0. The van der Waals surface area contributed by atoms with Gasteiger partial charge in [0.25, 0.3) is 0 Å². The highest BCUT2D eigenvalue weighted by Crippen LogP contribution is 2.50. The summed E-state index contributed by atoms with van der Waals surface area (Å²) in [5, 5.41) is 11.7. The third-order valence-corrected chi connectivity index (χ3v) is 4.68. The largest absolute Gasteiger partial charge is 0.376 e. The first-order valence-corrected chi connectivity index (χ1v) is 7.76. The van der Waals surface area contributed by atoms with Crippen molar-refractivity contribution in [2.75, 3.05) is 0 Å². The van der Waals surface area contributed by atoms with Crippen molar-refractivity contribution in [3.63, 3.8) is 0 Å². The highest BCUT2D eigenvalue weighted by Gasteiger charge is 2.42. The first-order chi connectivity index (χ1) is 10.7. The Morgan fingerprint density at radius 2 is 1.45 bits per heavy atom. The van der Waals surface area contributed by atoms with Crippen molar-refractivity contribution in [2.24, 2.45) is 0 Å². The summed E-state index contributed by atoms with van der Waals surface area (Å²) in [7, 11) is 0. The molecule has 1 aliphatic rings. The maximum absolute atomic E-state index is 11.7. The second-order valence-corrected chi connectivity index (χ2v) is 5.86. The Bertz CT molecular complexity index is 836. The number of hydrogen-bond acceptors (Lipinski definition) is 1. The van der Waals surface area contributed by atoms with E-state index >= 15 is 0 Å². The zero-order valence-electron chi connectivity index (χ0n) is 12.6. The molecule has 0 aliphatic heterocycles. The van der Waals surface area contributed by atoms with Crippen LogP contribution in [0.2, 0.25) is 0 Å². The number of aliphatic hydroxyl groups is 1. The summed E-state index contributed by atoms with van der Waals surface area (Å²) in [6, 6.07) is 24.6. The van der Waals surface area contributed by atoms with Crippen LogP contribution in [-0.2, 0) is 12.0 Å². The minimum absolute atomic E-state index is 0.925. The van der Waals surface area contributed by atoms with Gasteiger partial charge < -0.3 is 5.11 Å². The topological polar surface area (TPSA) is 20.2 Å². The van der Waals surface area contributed by atoms with Gasteiger partial charge in [-0.25, -0.2) is 0 Å². The van der Waals surface area contributed by atoms with Crippen molar-refractivity contribution in [1.29, 1.82) is 0 Å². The summed E-state index contributed by atoms with van der Waals surface area (Å²) in [5.74, 6) is 0. The summed E-state index contributed by atoms with van der Waals surface area (Å²) in [5.41, 5.74) is 5.36. The summed E-state index contributed by atoms with van der Waals surface area (Å²) < 4.78 is 0.